The number of hydrogen-bond donors (Lipinski definition) is 1. The van der Waals surface area contributed by atoms with Crippen LogP contribution in [0.25, 0.3) is 0 Å². The summed E-state index contributed by atoms with van der Waals surface area (Å²) in [5.74, 6) is 0.451. The molecule has 5 heteroatoms. The van der Waals surface area contributed by atoms with E-state index >= 15 is 0 Å². The van der Waals surface area contributed by atoms with Gasteiger partial charge in [-0.25, -0.2) is 0 Å². The molecule has 1 heterocycles. The highest BCUT2D eigenvalue weighted by atomic mass is 32.1. The van der Waals surface area contributed by atoms with Gasteiger partial charge in [-0.3, -0.25) is 9.59 Å². The maximum Gasteiger partial charge on any atom is 0.239 e. The Bertz CT molecular complexity index is 388. The molecule has 0 aromatic carbocycles. The number of carbonyl (C=O) groups excluding carboxylic acids is 2. The molecule has 0 saturated heterocycles. The van der Waals surface area contributed by atoms with Crippen molar-refractivity contribution in [3.63, 3.8) is 0 Å². The van der Waals surface area contributed by atoms with Crippen LogP contribution in [0.1, 0.15) is 23.5 Å². The first kappa shape index (κ1) is 13.7. The number of rotatable bonds is 6. The minimum absolute atomic E-state index is 0.0000491. The number of nitrogens with zero attached hydrogens (tertiary/aromatic N) is 1. The fourth-order valence-corrected chi connectivity index (χ4v) is 2.03. The van der Waals surface area contributed by atoms with Crippen LogP contribution in [0.5, 0.6) is 0 Å². The fourth-order valence-electron chi connectivity index (χ4n) is 1.28. The summed E-state index contributed by atoms with van der Waals surface area (Å²) in [6.07, 6.45) is 0.820. The van der Waals surface area contributed by atoms with E-state index in [-0.39, 0.29) is 5.91 Å². The summed E-state index contributed by atoms with van der Waals surface area (Å²) >= 11 is 1.38. The first-order chi connectivity index (χ1) is 8.02. The van der Waals surface area contributed by atoms with Gasteiger partial charge in [0.05, 0.1) is 11.4 Å². The fraction of sp³-hybridized carbons (Fsp3) is 0.500. The molecule has 1 aromatic heterocycles. The normalized spacial score (nSPS) is 10.4. The van der Waals surface area contributed by atoms with Crippen LogP contribution in [0.3, 0.4) is 0 Å². The zero-order valence-corrected chi connectivity index (χ0v) is 11.2. The largest absolute Gasteiger partial charge is 0.365 e. The Morgan fingerprint density at radius 2 is 2.29 bits per heavy atom. The molecule has 1 amide bonds. The predicted molar refractivity (Wildman–Crippen MR) is 70.8 cm³/mol. The van der Waals surface area contributed by atoms with E-state index < -0.39 is 0 Å². The lowest BCUT2D eigenvalue weighted by Crippen LogP contribution is -2.36. The topological polar surface area (TPSA) is 49.4 Å². The lowest BCUT2D eigenvalue weighted by Gasteiger charge is -2.17. The first-order valence-electron chi connectivity index (χ1n) is 5.54. The molecule has 1 N–H and O–H groups in total. The number of aldehydes is 1. The molecule has 1 aromatic rings. The molecule has 94 valence electrons. The molecule has 0 aliphatic heterocycles. The molecule has 0 saturated carbocycles. The molecule has 0 aliphatic carbocycles. The third kappa shape index (κ3) is 4.56. The number of carbonyl (C=O) groups is 2. The SMILES string of the molecule is CC(C)CNC(=O)CN(C)c1csc(C=O)c1. The summed E-state index contributed by atoms with van der Waals surface area (Å²) < 4.78 is 0. The van der Waals surface area contributed by atoms with Gasteiger partial charge in [0, 0.05) is 24.7 Å². The molecular formula is C12H18N2O2S. The monoisotopic (exact) mass is 254 g/mol. The van der Waals surface area contributed by atoms with Gasteiger partial charge >= 0.3 is 0 Å². The van der Waals surface area contributed by atoms with Gasteiger partial charge in [0.1, 0.15) is 0 Å². The van der Waals surface area contributed by atoms with Crippen molar-refractivity contribution in [2.45, 2.75) is 13.8 Å². The van der Waals surface area contributed by atoms with E-state index in [1.54, 1.807) is 6.07 Å². The van der Waals surface area contributed by atoms with Crippen molar-refractivity contribution in [2.24, 2.45) is 5.92 Å². The van der Waals surface area contributed by atoms with Crippen LogP contribution in [-0.4, -0.2) is 32.3 Å². The van der Waals surface area contributed by atoms with Crippen LogP contribution >= 0.6 is 11.3 Å². The average molecular weight is 254 g/mol. The summed E-state index contributed by atoms with van der Waals surface area (Å²) in [5.41, 5.74) is 0.900. The zero-order chi connectivity index (χ0) is 12.8. The van der Waals surface area contributed by atoms with E-state index in [0.717, 1.165) is 12.0 Å². The van der Waals surface area contributed by atoms with E-state index in [0.29, 0.717) is 23.9 Å². The van der Waals surface area contributed by atoms with Gasteiger partial charge in [0.2, 0.25) is 5.91 Å². The molecule has 4 nitrogen and oxygen atoms in total. The summed E-state index contributed by atoms with van der Waals surface area (Å²) in [4.78, 5) is 24.7. The highest BCUT2D eigenvalue weighted by Gasteiger charge is 2.09. The third-order valence-corrected chi connectivity index (χ3v) is 3.10. The lowest BCUT2D eigenvalue weighted by molar-refractivity contribution is -0.119. The van der Waals surface area contributed by atoms with E-state index in [2.05, 4.69) is 19.2 Å². The summed E-state index contributed by atoms with van der Waals surface area (Å²) in [6, 6.07) is 1.79. The Kier molecular flexibility index (Phi) is 5.15. The highest BCUT2D eigenvalue weighted by molar-refractivity contribution is 7.12. The molecule has 0 bridgehead atoms. The number of nitrogens with one attached hydrogen (secondary N) is 1. The van der Waals surface area contributed by atoms with Gasteiger partial charge < -0.3 is 10.2 Å². The quantitative estimate of drug-likeness (QED) is 0.787. The Hall–Kier alpha value is -1.36. The summed E-state index contributed by atoms with van der Waals surface area (Å²) in [7, 11) is 1.84. The first-order valence-corrected chi connectivity index (χ1v) is 6.42. The van der Waals surface area contributed by atoms with Gasteiger partial charge in [-0.1, -0.05) is 13.8 Å². The number of amides is 1. The number of hydrogen-bond acceptors (Lipinski definition) is 4. The number of thiophene rings is 1. The lowest BCUT2D eigenvalue weighted by atomic mass is 10.2. The van der Waals surface area contributed by atoms with Crippen molar-refractivity contribution in [1.82, 2.24) is 5.32 Å². The van der Waals surface area contributed by atoms with Crippen molar-refractivity contribution in [3.05, 3.63) is 16.3 Å². The molecule has 1 rings (SSSR count). The highest BCUT2D eigenvalue weighted by Crippen LogP contribution is 2.20. The molecule has 0 fully saturated rings. The third-order valence-electron chi connectivity index (χ3n) is 2.25. The van der Waals surface area contributed by atoms with Crippen LogP contribution < -0.4 is 10.2 Å². The van der Waals surface area contributed by atoms with Crippen LogP contribution in [-0.2, 0) is 4.79 Å². The van der Waals surface area contributed by atoms with Crippen molar-refractivity contribution in [3.8, 4) is 0 Å². The number of likely N-dealkylation sites (N-methyl/N-ethyl adjacent to an activating group) is 1. The molecule has 0 atom stereocenters. The van der Waals surface area contributed by atoms with Crippen LogP contribution in [0.15, 0.2) is 11.4 Å². The van der Waals surface area contributed by atoms with E-state index in [4.69, 9.17) is 0 Å². The standard InChI is InChI=1S/C12H18N2O2S/c1-9(2)5-13-12(16)6-14(3)10-4-11(7-15)17-8-10/h4,7-9H,5-6H2,1-3H3,(H,13,16). The van der Waals surface area contributed by atoms with E-state index in [1.807, 2.05) is 17.3 Å². The second-order valence-corrected chi connectivity index (χ2v) is 5.32. The Balaban J connectivity index is 2.45. The predicted octanol–water partition coefficient (Wildman–Crippen LogP) is 1.77. The molecule has 0 aliphatic rings. The van der Waals surface area contributed by atoms with Crippen LogP contribution in [0, 0.1) is 5.92 Å². The van der Waals surface area contributed by atoms with Crippen LogP contribution in [0.2, 0.25) is 0 Å². The average Bonchev–Trinajstić information content (AvgIpc) is 2.74. The van der Waals surface area contributed by atoms with Crippen molar-refractivity contribution in [1.29, 1.82) is 0 Å². The van der Waals surface area contributed by atoms with E-state index in [9.17, 15) is 9.59 Å². The van der Waals surface area contributed by atoms with Crippen molar-refractivity contribution < 1.29 is 9.59 Å². The minimum Gasteiger partial charge on any atom is -0.365 e. The molecule has 17 heavy (non-hydrogen) atoms. The minimum atomic E-state index is 0.0000491. The molecule has 0 unspecified atom stereocenters. The summed E-state index contributed by atoms with van der Waals surface area (Å²) in [5, 5.41) is 4.73. The van der Waals surface area contributed by atoms with Gasteiger partial charge in [-0.05, 0) is 12.0 Å². The summed E-state index contributed by atoms with van der Waals surface area (Å²) in [6.45, 7) is 5.11. The van der Waals surface area contributed by atoms with Crippen LogP contribution in [0.4, 0.5) is 5.69 Å². The number of anilines is 1. The maximum atomic E-state index is 11.6. The van der Waals surface area contributed by atoms with Gasteiger partial charge in [0.25, 0.3) is 0 Å². The van der Waals surface area contributed by atoms with Crippen molar-refractivity contribution in [2.75, 3.05) is 25.0 Å². The Morgan fingerprint density at radius 3 is 2.82 bits per heavy atom. The Morgan fingerprint density at radius 1 is 1.59 bits per heavy atom. The molecular weight excluding hydrogens is 236 g/mol. The van der Waals surface area contributed by atoms with Gasteiger partial charge in [-0.15, -0.1) is 11.3 Å². The van der Waals surface area contributed by atoms with E-state index in [1.165, 1.54) is 11.3 Å². The van der Waals surface area contributed by atoms with Gasteiger partial charge in [0.15, 0.2) is 6.29 Å². The van der Waals surface area contributed by atoms with Crippen molar-refractivity contribution >= 4 is 29.2 Å². The smallest absolute Gasteiger partial charge is 0.239 e. The second-order valence-electron chi connectivity index (χ2n) is 4.38. The van der Waals surface area contributed by atoms with Gasteiger partial charge in [-0.2, -0.15) is 0 Å². The maximum absolute atomic E-state index is 11.6. The zero-order valence-electron chi connectivity index (χ0n) is 10.4. The second kappa shape index (κ2) is 6.39. The molecule has 0 spiro atoms. The molecule has 0 radical (unpaired) electrons. The Labute approximate surface area is 106 Å².